The Balaban J connectivity index is 1.51. The zero-order chi connectivity index (χ0) is 24.8. The summed E-state index contributed by atoms with van der Waals surface area (Å²) in [4.78, 5) is 13.9. The van der Waals surface area contributed by atoms with Crippen LogP contribution >= 0.6 is 0 Å². The molecule has 2 atom stereocenters. The van der Waals surface area contributed by atoms with Crippen molar-refractivity contribution in [2.45, 2.75) is 18.6 Å². The number of ether oxygens (including phenoxy) is 4. The van der Waals surface area contributed by atoms with Crippen molar-refractivity contribution in [2.24, 2.45) is 0 Å². The van der Waals surface area contributed by atoms with E-state index in [4.69, 9.17) is 18.9 Å². The van der Waals surface area contributed by atoms with Crippen LogP contribution in [0.15, 0.2) is 66.7 Å². The highest BCUT2D eigenvalue weighted by Gasteiger charge is 2.31. The van der Waals surface area contributed by atoms with Crippen LogP contribution < -0.4 is 14.2 Å². The van der Waals surface area contributed by atoms with E-state index in [1.807, 2.05) is 24.3 Å². The van der Waals surface area contributed by atoms with Crippen LogP contribution in [0, 0.1) is 0 Å². The van der Waals surface area contributed by atoms with E-state index in [-0.39, 0.29) is 12.6 Å². The summed E-state index contributed by atoms with van der Waals surface area (Å²) in [5, 5.41) is 10.9. The number of carbonyl (C=O) groups excluding carboxylic acids is 1. The minimum absolute atomic E-state index is 0.0336. The summed E-state index contributed by atoms with van der Waals surface area (Å²) < 4.78 is 21.6. The van der Waals surface area contributed by atoms with Crippen molar-refractivity contribution in [1.29, 1.82) is 0 Å². The van der Waals surface area contributed by atoms with Gasteiger partial charge in [-0.25, -0.2) is 4.79 Å². The predicted molar refractivity (Wildman–Crippen MR) is 132 cm³/mol. The molecule has 1 aliphatic heterocycles. The molecular formula is C28H31NO6. The Morgan fingerprint density at radius 1 is 1.00 bits per heavy atom. The topological polar surface area (TPSA) is 77.5 Å². The molecule has 35 heavy (non-hydrogen) atoms. The molecule has 1 heterocycles. The molecule has 1 aliphatic rings. The number of aliphatic hydroxyl groups excluding tert-OH is 1. The summed E-state index contributed by atoms with van der Waals surface area (Å²) in [6, 6.07) is 21.0. The van der Waals surface area contributed by atoms with Crippen molar-refractivity contribution in [3.05, 3.63) is 89.0 Å². The molecule has 0 fully saturated rings. The van der Waals surface area contributed by atoms with Crippen LogP contribution in [0.5, 0.6) is 17.2 Å². The number of carbonyl (C=O) groups is 1. The quantitative estimate of drug-likeness (QED) is 0.469. The largest absolute Gasteiger partial charge is 0.493 e. The predicted octanol–water partition coefficient (Wildman–Crippen LogP) is 3.88. The molecule has 0 saturated heterocycles. The van der Waals surface area contributed by atoms with Crippen molar-refractivity contribution in [3.8, 4) is 17.2 Å². The number of hydrogen-bond acceptors (Lipinski definition) is 7. The fraction of sp³-hybridized carbons (Fsp3) is 0.321. The van der Waals surface area contributed by atoms with Crippen LogP contribution in [0.3, 0.4) is 0 Å². The van der Waals surface area contributed by atoms with E-state index in [1.54, 1.807) is 38.5 Å². The number of hydrogen-bond donors (Lipinski definition) is 1. The Labute approximate surface area is 205 Å². The smallest absolute Gasteiger partial charge is 0.337 e. The molecule has 3 aromatic rings. The lowest BCUT2D eigenvalue weighted by atomic mass is 9.87. The average Bonchev–Trinajstić information content (AvgIpc) is 2.91. The lowest BCUT2D eigenvalue weighted by molar-refractivity contribution is 0.0551. The van der Waals surface area contributed by atoms with Crippen molar-refractivity contribution < 1.29 is 28.8 Å². The normalized spacial score (nSPS) is 16.2. The van der Waals surface area contributed by atoms with Gasteiger partial charge in [-0.1, -0.05) is 30.3 Å². The summed E-state index contributed by atoms with van der Waals surface area (Å²) in [5.74, 6) is 1.59. The molecule has 0 spiro atoms. The van der Waals surface area contributed by atoms with E-state index >= 15 is 0 Å². The number of β-amino-alcohol motifs (C(OH)–C–C–N with tert-alkyl or cyclic N) is 1. The Morgan fingerprint density at radius 2 is 1.69 bits per heavy atom. The molecule has 0 saturated carbocycles. The molecule has 0 bridgehead atoms. The zero-order valence-electron chi connectivity index (χ0n) is 20.3. The zero-order valence-corrected chi connectivity index (χ0v) is 20.3. The second-order valence-corrected chi connectivity index (χ2v) is 8.44. The molecule has 0 radical (unpaired) electrons. The molecular weight excluding hydrogens is 446 g/mol. The fourth-order valence-electron chi connectivity index (χ4n) is 4.54. The fourth-order valence-corrected chi connectivity index (χ4v) is 4.54. The van der Waals surface area contributed by atoms with Crippen LogP contribution in [-0.4, -0.2) is 63.1 Å². The minimum Gasteiger partial charge on any atom is -0.493 e. The van der Waals surface area contributed by atoms with Gasteiger partial charge in [0.2, 0.25) is 0 Å². The maximum atomic E-state index is 11.6. The van der Waals surface area contributed by atoms with E-state index in [2.05, 4.69) is 23.1 Å². The number of benzene rings is 3. The molecule has 3 aromatic carbocycles. The van der Waals surface area contributed by atoms with E-state index < -0.39 is 12.1 Å². The standard InChI is InChI=1S/C28H31NO6/c1-32-25-15-21-13-14-29(27(19-7-5-4-6-8-19)24(21)16-26(25)33-2)17-22(30)18-35-23-11-9-20(10-12-23)28(31)34-3/h4-12,15-16,22,27,30H,13-14,17-18H2,1-3H3/t22-,27-/m0/s1. The Hall–Kier alpha value is -3.55. The lowest BCUT2D eigenvalue weighted by Crippen LogP contribution is -2.42. The second kappa shape index (κ2) is 11.3. The van der Waals surface area contributed by atoms with Crippen LogP contribution in [0.4, 0.5) is 0 Å². The Bertz CT molecular complexity index is 1130. The van der Waals surface area contributed by atoms with Gasteiger partial charge in [-0.2, -0.15) is 0 Å². The first-order valence-electron chi connectivity index (χ1n) is 11.6. The van der Waals surface area contributed by atoms with Crippen molar-refractivity contribution in [3.63, 3.8) is 0 Å². The van der Waals surface area contributed by atoms with Crippen LogP contribution in [-0.2, 0) is 11.2 Å². The first-order valence-corrected chi connectivity index (χ1v) is 11.6. The van der Waals surface area contributed by atoms with Gasteiger partial charge in [-0.15, -0.1) is 0 Å². The van der Waals surface area contributed by atoms with E-state index in [0.717, 1.165) is 29.8 Å². The molecule has 1 N–H and O–H groups in total. The molecule has 0 aromatic heterocycles. The van der Waals surface area contributed by atoms with Gasteiger partial charge in [0.15, 0.2) is 11.5 Å². The van der Waals surface area contributed by atoms with Crippen LogP contribution in [0.2, 0.25) is 0 Å². The molecule has 0 aliphatic carbocycles. The molecule has 0 unspecified atom stereocenters. The summed E-state index contributed by atoms with van der Waals surface area (Å²) in [6.07, 6.45) is 0.130. The van der Waals surface area contributed by atoms with Crippen LogP contribution in [0.25, 0.3) is 0 Å². The van der Waals surface area contributed by atoms with Gasteiger partial charge in [0.1, 0.15) is 18.5 Å². The summed E-state index contributed by atoms with van der Waals surface area (Å²) >= 11 is 0. The number of methoxy groups -OCH3 is 3. The van der Waals surface area contributed by atoms with Gasteiger partial charge in [-0.3, -0.25) is 4.90 Å². The van der Waals surface area contributed by atoms with Gasteiger partial charge in [-0.05, 0) is 59.5 Å². The lowest BCUT2D eigenvalue weighted by Gasteiger charge is -2.39. The summed E-state index contributed by atoms with van der Waals surface area (Å²) in [7, 11) is 4.63. The highest BCUT2D eigenvalue weighted by Crippen LogP contribution is 2.41. The number of rotatable bonds is 9. The molecule has 184 valence electrons. The van der Waals surface area contributed by atoms with E-state index in [9.17, 15) is 9.90 Å². The molecule has 7 nitrogen and oxygen atoms in total. The maximum Gasteiger partial charge on any atom is 0.337 e. The number of fused-ring (bicyclic) bond motifs is 1. The van der Waals surface area contributed by atoms with E-state index in [0.29, 0.717) is 23.6 Å². The molecule has 0 amide bonds. The Morgan fingerprint density at radius 3 is 2.34 bits per heavy atom. The van der Waals surface area contributed by atoms with Crippen molar-refractivity contribution in [2.75, 3.05) is 41.0 Å². The summed E-state index contributed by atoms with van der Waals surface area (Å²) in [5.41, 5.74) is 3.95. The van der Waals surface area contributed by atoms with Gasteiger partial charge in [0.25, 0.3) is 0 Å². The SMILES string of the molecule is COC(=O)c1ccc(OC[C@@H](O)CN2CCc3cc(OC)c(OC)cc3[C@@H]2c2ccccc2)cc1. The maximum absolute atomic E-state index is 11.6. The number of aliphatic hydroxyl groups is 1. The third-order valence-corrected chi connectivity index (χ3v) is 6.25. The van der Waals surface area contributed by atoms with Gasteiger partial charge in [0.05, 0.1) is 32.9 Å². The first-order chi connectivity index (χ1) is 17.0. The second-order valence-electron chi connectivity index (χ2n) is 8.44. The van der Waals surface area contributed by atoms with Crippen LogP contribution in [0.1, 0.15) is 33.1 Å². The highest BCUT2D eigenvalue weighted by molar-refractivity contribution is 5.89. The minimum atomic E-state index is -0.705. The van der Waals surface area contributed by atoms with E-state index in [1.165, 1.54) is 12.7 Å². The highest BCUT2D eigenvalue weighted by atomic mass is 16.5. The van der Waals surface area contributed by atoms with Gasteiger partial charge < -0.3 is 24.1 Å². The molecule has 7 heteroatoms. The Kier molecular flexibility index (Phi) is 7.90. The van der Waals surface area contributed by atoms with Crippen molar-refractivity contribution >= 4 is 5.97 Å². The third kappa shape index (κ3) is 5.58. The van der Waals surface area contributed by atoms with Gasteiger partial charge >= 0.3 is 5.97 Å². The van der Waals surface area contributed by atoms with Gasteiger partial charge in [0, 0.05) is 13.1 Å². The first kappa shape index (κ1) is 24.6. The van der Waals surface area contributed by atoms with Crippen molar-refractivity contribution in [1.82, 2.24) is 4.90 Å². The number of nitrogens with zero attached hydrogens (tertiary/aromatic N) is 1. The molecule has 4 rings (SSSR count). The third-order valence-electron chi connectivity index (χ3n) is 6.25. The monoisotopic (exact) mass is 477 g/mol. The summed E-state index contributed by atoms with van der Waals surface area (Å²) in [6.45, 7) is 1.36. The number of esters is 1. The average molecular weight is 478 g/mol.